The molecule has 1 aliphatic rings. The minimum atomic E-state index is -0.785. The van der Waals surface area contributed by atoms with Crippen molar-refractivity contribution in [3.8, 4) is 0 Å². The van der Waals surface area contributed by atoms with Gasteiger partial charge in [0.25, 0.3) is 0 Å². The first kappa shape index (κ1) is 16.8. The third kappa shape index (κ3) is 5.02. The maximum atomic E-state index is 11.8. The molecule has 2 amide bonds. The number of hydrogen-bond donors (Lipinski definition) is 3. The molecule has 0 saturated heterocycles. The van der Waals surface area contributed by atoms with Crippen molar-refractivity contribution in [2.75, 3.05) is 6.54 Å². The zero-order chi connectivity index (χ0) is 15.2. The molecule has 1 unspecified atom stereocenters. The molecule has 20 heavy (non-hydrogen) atoms. The van der Waals surface area contributed by atoms with Crippen molar-refractivity contribution in [2.24, 2.45) is 11.3 Å². The number of carbonyl (C=O) groups is 2. The summed E-state index contributed by atoms with van der Waals surface area (Å²) in [5.41, 5.74) is -0.767. The summed E-state index contributed by atoms with van der Waals surface area (Å²) in [6.07, 6.45) is 5.18. The smallest absolute Gasteiger partial charge is 0.315 e. The highest BCUT2D eigenvalue weighted by molar-refractivity contribution is 5.78. The number of carbonyl (C=O) groups excluding carboxylic acids is 1. The number of urea groups is 1. The minimum Gasteiger partial charge on any atom is -0.481 e. The predicted molar refractivity (Wildman–Crippen MR) is 78.6 cm³/mol. The Labute approximate surface area is 121 Å². The van der Waals surface area contributed by atoms with Gasteiger partial charge < -0.3 is 15.7 Å². The molecule has 1 saturated carbocycles. The first-order chi connectivity index (χ1) is 9.35. The molecule has 1 rings (SSSR count). The van der Waals surface area contributed by atoms with E-state index in [2.05, 4.69) is 24.5 Å². The molecule has 0 radical (unpaired) electrons. The summed E-state index contributed by atoms with van der Waals surface area (Å²) in [4.78, 5) is 23.3. The van der Waals surface area contributed by atoms with Crippen molar-refractivity contribution in [1.82, 2.24) is 10.6 Å². The van der Waals surface area contributed by atoms with E-state index in [1.807, 2.05) is 6.92 Å². The zero-order valence-corrected chi connectivity index (χ0v) is 12.9. The number of hydrogen-bond acceptors (Lipinski definition) is 2. The van der Waals surface area contributed by atoms with Gasteiger partial charge in [-0.2, -0.15) is 0 Å². The monoisotopic (exact) mass is 284 g/mol. The van der Waals surface area contributed by atoms with Crippen LogP contribution in [-0.2, 0) is 4.79 Å². The van der Waals surface area contributed by atoms with Gasteiger partial charge in [-0.15, -0.1) is 0 Å². The lowest BCUT2D eigenvalue weighted by Gasteiger charge is -2.33. The molecule has 1 fully saturated rings. The quantitative estimate of drug-likeness (QED) is 0.701. The van der Waals surface area contributed by atoms with Gasteiger partial charge in [0.05, 0.1) is 5.41 Å². The Kier molecular flexibility index (Phi) is 6.30. The Hall–Kier alpha value is -1.26. The standard InChI is InChI=1S/C15H28N2O3/c1-11(2)9-12(3)17-14(20)16-10-15(13(18)19)7-5-4-6-8-15/h11-12H,4-10H2,1-3H3,(H,18,19)(H2,16,17,20). The van der Waals surface area contributed by atoms with Crippen LogP contribution in [0.3, 0.4) is 0 Å². The van der Waals surface area contributed by atoms with E-state index in [-0.39, 0.29) is 18.6 Å². The van der Waals surface area contributed by atoms with Crippen LogP contribution in [-0.4, -0.2) is 29.7 Å². The number of rotatable bonds is 6. The van der Waals surface area contributed by atoms with Gasteiger partial charge in [-0.25, -0.2) is 4.79 Å². The van der Waals surface area contributed by atoms with Gasteiger partial charge in [0.15, 0.2) is 0 Å². The number of carboxylic acid groups (broad SMARTS) is 1. The topological polar surface area (TPSA) is 78.4 Å². The van der Waals surface area contributed by atoms with Gasteiger partial charge in [0.1, 0.15) is 0 Å². The second-order valence-electron chi connectivity index (χ2n) is 6.50. The van der Waals surface area contributed by atoms with E-state index < -0.39 is 11.4 Å². The Morgan fingerprint density at radius 1 is 1.15 bits per heavy atom. The molecule has 0 aromatic carbocycles. The maximum absolute atomic E-state index is 11.8. The van der Waals surface area contributed by atoms with Crippen molar-refractivity contribution < 1.29 is 14.7 Å². The first-order valence-corrected chi connectivity index (χ1v) is 7.63. The fraction of sp³-hybridized carbons (Fsp3) is 0.867. The highest BCUT2D eigenvalue weighted by Crippen LogP contribution is 2.35. The summed E-state index contributed by atoms with van der Waals surface area (Å²) >= 11 is 0. The molecule has 0 bridgehead atoms. The second-order valence-corrected chi connectivity index (χ2v) is 6.50. The van der Waals surface area contributed by atoms with Crippen LogP contribution in [0.15, 0.2) is 0 Å². The van der Waals surface area contributed by atoms with Crippen molar-refractivity contribution in [3.05, 3.63) is 0 Å². The van der Waals surface area contributed by atoms with Crippen molar-refractivity contribution in [2.45, 2.75) is 65.3 Å². The molecule has 0 aromatic heterocycles. The molecular weight excluding hydrogens is 256 g/mol. The summed E-state index contributed by atoms with van der Waals surface area (Å²) in [6.45, 7) is 6.41. The average Bonchev–Trinajstić information content (AvgIpc) is 2.36. The van der Waals surface area contributed by atoms with Crippen LogP contribution in [0.2, 0.25) is 0 Å². The average molecular weight is 284 g/mol. The molecular formula is C15H28N2O3. The Morgan fingerprint density at radius 2 is 1.75 bits per heavy atom. The molecule has 1 atom stereocenters. The normalized spacial score (nSPS) is 19.4. The molecule has 0 aromatic rings. The van der Waals surface area contributed by atoms with Crippen molar-refractivity contribution >= 4 is 12.0 Å². The molecule has 3 N–H and O–H groups in total. The predicted octanol–water partition coefficient (Wildman–Crippen LogP) is 2.76. The fourth-order valence-electron chi connectivity index (χ4n) is 2.99. The third-order valence-electron chi connectivity index (χ3n) is 4.05. The van der Waals surface area contributed by atoms with Crippen LogP contribution < -0.4 is 10.6 Å². The molecule has 0 aliphatic heterocycles. The summed E-state index contributed by atoms with van der Waals surface area (Å²) < 4.78 is 0. The minimum absolute atomic E-state index is 0.0992. The fourth-order valence-corrected chi connectivity index (χ4v) is 2.99. The lowest BCUT2D eigenvalue weighted by atomic mass is 9.74. The molecule has 0 spiro atoms. The van der Waals surface area contributed by atoms with E-state index in [0.717, 1.165) is 25.7 Å². The van der Waals surface area contributed by atoms with Crippen LogP contribution in [0.1, 0.15) is 59.3 Å². The van der Waals surface area contributed by atoms with Crippen LogP contribution >= 0.6 is 0 Å². The van der Waals surface area contributed by atoms with Crippen molar-refractivity contribution in [1.29, 1.82) is 0 Å². The number of aliphatic carboxylic acids is 1. The van der Waals surface area contributed by atoms with Gasteiger partial charge in [0, 0.05) is 12.6 Å². The van der Waals surface area contributed by atoms with E-state index in [9.17, 15) is 14.7 Å². The van der Waals surface area contributed by atoms with E-state index in [1.54, 1.807) is 0 Å². The van der Waals surface area contributed by atoms with E-state index >= 15 is 0 Å². The zero-order valence-electron chi connectivity index (χ0n) is 12.9. The largest absolute Gasteiger partial charge is 0.481 e. The summed E-state index contributed by atoms with van der Waals surface area (Å²) in [5.74, 6) is -0.262. The summed E-state index contributed by atoms with van der Waals surface area (Å²) in [6, 6.07) is -0.161. The second kappa shape index (κ2) is 7.50. The van der Waals surface area contributed by atoms with Gasteiger partial charge >= 0.3 is 12.0 Å². The molecule has 1 aliphatic carbocycles. The van der Waals surface area contributed by atoms with Crippen LogP contribution in [0.4, 0.5) is 4.79 Å². The van der Waals surface area contributed by atoms with E-state index in [1.165, 1.54) is 0 Å². The lowest BCUT2D eigenvalue weighted by molar-refractivity contribution is -0.150. The third-order valence-corrected chi connectivity index (χ3v) is 4.05. The van der Waals surface area contributed by atoms with Gasteiger partial charge in [-0.05, 0) is 32.1 Å². The summed E-state index contributed by atoms with van der Waals surface area (Å²) in [5, 5.41) is 15.0. The first-order valence-electron chi connectivity index (χ1n) is 7.63. The number of nitrogens with one attached hydrogen (secondary N) is 2. The SMILES string of the molecule is CC(C)CC(C)NC(=O)NCC1(C(=O)O)CCCCC1. The highest BCUT2D eigenvalue weighted by atomic mass is 16.4. The number of amides is 2. The Bertz CT molecular complexity index is 336. The number of carboxylic acids is 1. The van der Waals surface area contributed by atoms with Crippen LogP contribution in [0, 0.1) is 11.3 Å². The van der Waals surface area contributed by atoms with Crippen LogP contribution in [0.5, 0.6) is 0 Å². The molecule has 0 heterocycles. The van der Waals surface area contributed by atoms with Crippen molar-refractivity contribution in [3.63, 3.8) is 0 Å². The highest BCUT2D eigenvalue weighted by Gasteiger charge is 2.39. The van der Waals surface area contributed by atoms with Crippen LogP contribution in [0.25, 0.3) is 0 Å². The lowest BCUT2D eigenvalue weighted by Crippen LogP contribution is -2.48. The molecule has 5 heteroatoms. The van der Waals surface area contributed by atoms with Gasteiger partial charge in [-0.3, -0.25) is 4.79 Å². The Balaban J connectivity index is 2.43. The Morgan fingerprint density at radius 3 is 2.25 bits per heavy atom. The molecule has 5 nitrogen and oxygen atoms in total. The van der Waals surface area contributed by atoms with Gasteiger partial charge in [-0.1, -0.05) is 33.1 Å². The molecule has 116 valence electrons. The summed E-state index contributed by atoms with van der Waals surface area (Å²) in [7, 11) is 0. The van der Waals surface area contributed by atoms with E-state index in [0.29, 0.717) is 18.8 Å². The maximum Gasteiger partial charge on any atom is 0.315 e. The van der Waals surface area contributed by atoms with Gasteiger partial charge in [0.2, 0.25) is 0 Å². The van der Waals surface area contributed by atoms with E-state index in [4.69, 9.17) is 0 Å².